The highest BCUT2D eigenvalue weighted by atomic mass is 35.5. The van der Waals surface area contributed by atoms with Crippen molar-refractivity contribution in [3.05, 3.63) is 59.6 Å². The maximum absolute atomic E-state index is 12.1. The van der Waals surface area contributed by atoms with E-state index in [-0.39, 0.29) is 16.9 Å². The van der Waals surface area contributed by atoms with Gasteiger partial charge in [-0.05, 0) is 12.1 Å². The van der Waals surface area contributed by atoms with Crippen LogP contribution >= 0.6 is 11.6 Å². The lowest BCUT2D eigenvalue weighted by molar-refractivity contribution is 0.102. The second-order valence-corrected chi connectivity index (χ2v) is 4.46. The van der Waals surface area contributed by atoms with Crippen molar-refractivity contribution >= 4 is 34.2 Å². The second kappa shape index (κ2) is 5.22. The maximum Gasteiger partial charge on any atom is 0.275 e. The molecule has 0 saturated heterocycles. The number of rotatable bonds is 2. The number of carbonyl (C=O) groups excluding carboxylic acids is 1. The fourth-order valence-corrected chi connectivity index (χ4v) is 1.92. The molecule has 0 atom stereocenters. The summed E-state index contributed by atoms with van der Waals surface area (Å²) in [4.78, 5) is 24.2. The highest BCUT2D eigenvalue weighted by Gasteiger charge is 2.09. The van der Waals surface area contributed by atoms with E-state index in [9.17, 15) is 4.79 Å². The van der Waals surface area contributed by atoms with Gasteiger partial charge in [0.2, 0.25) is 0 Å². The molecule has 20 heavy (non-hydrogen) atoms. The van der Waals surface area contributed by atoms with Crippen LogP contribution in [0.1, 0.15) is 10.5 Å². The van der Waals surface area contributed by atoms with Gasteiger partial charge in [0, 0.05) is 5.39 Å². The SMILES string of the molecule is O=C(Nc1cncc(Cl)n1)c1ccc2ccccc2n1. The van der Waals surface area contributed by atoms with Crippen LogP contribution in [-0.4, -0.2) is 20.9 Å². The van der Waals surface area contributed by atoms with Gasteiger partial charge in [-0.3, -0.25) is 9.78 Å². The van der Waals surface area contributed by atoms with Crippen molar-refractivity contribution in [3.63, 3.8) is 0 Å². The Balaban J connectivity index is 1.88. The summed E-state index contributed by atoms with van der Waals surface area (Å²) in [5.41, 5.74) is 1.07. The first-order chi connectivity index (χ1) is 9.72. The van der Waals surface area contributed by atoms with Crippen LogP contribution in [0.5, 0.6) is 0 Å². The van der Waals surface area contributed by atoms with E-state index in [1.807, 2.05) is 30.3 Å². The first-order valence-corrected chi connectivity index (χ1v) is 6.25. The van der Waals surface area contributed by atoms with Crippen molar-refractivity contribution in [1.82, 2.24) is 15.0 Å². The molecule has 1 amide bonds. The Kier molecular flexibility index (Phi) is 3.26. The first-order valence-electron chi connectivity index (χ1n) is 5.87. The summed E-state index contributed by atoms with van der Waals surface area (Å²) in [6.07, 6.45) is 2.82. The molecule has 98 valence electrons. The van der Waals surface area contributed by atoms with Crippen molar-refractivity contribution in [3.8, 4) is 0 Å². The van der Waals surface area contributed by atoms with E-state index in [1.54, 1.807) is 6.07 Å². The van der Waals surface area contributed by atoms with Gasteiger partial charge < -0.3 is 5.32 Å². The van der Waals surface area contributed by atoms with E-state index in [2.05, 4.69) is 20.3 Å². The van der Waals surface area contributed by atoms with Crippen LogP contribution in [0.25, 0.3) is 10.9 Å². The summed E-state index contributed by atoms with van der Waals surface area (Å²) < 4.78 is 0. The molecule has 0 aliphatic carbocycles. The average Bonchev–Trinajstić information content (AvgIpc) is 2.47. The number of nitrogens with zero attached hydrogens (tertiary/aromatic N) is 3. The van der Waals surface area contributed by atoms with Crippen molar-refractivity contribution < 1.29 is 4.79 Å². The predicted molar refractivity (Wildman–Crippen MR) is 76.7 cm³/mol. The number of pyridine rings is 1. The zero-order valence-electron chi connectivity index (χ0n) is 10.2. The Morgan fingerprint density at radius 3 is 2.75 bits per heavy atom. The van der Waals surface area contributed by atoms with Crippen LogP contribution in [0.3, 0.4) is 0 Å². The Morgan fingerprint density at radius 2 is 1.90 bits per heavy atom. The average molecular weight is 285 g/mol. The van der Waals surface area contributed by atoms with Gasteiger partial charge in [0.1, 0.15) is 10.8 Å². The molecule has 0 aliphatic heterocycles. The number of fused-ring (bicyclic) bond motifs is 1. The highest BCUT2D eigenvalue weighted by molar-refractivity contribution is 6.29. The number of amides is 1. The molecule has 0 radical (unpaired) electrons. The van der Waals surface area contributed by atoms with Gasteiger partial charge in [-0.15, -0.1) is 0 Å². The second-order valence-electron chi connectivity index (χ2n) is 4.07. The van der Waals surface area contributed by atoms with Crippen LogP contribution in [0.4, 0.5) is 5.82 Å². The lowest BCUT2D eigenvalue weighted by atomic mass is 10.2. The number of hydrogen-bond donors (Lipinski definition) is 1. The normalized spacial score (nSPS) is 10.4. The summed E-state index contributed by atoms with van der Waals surface area (Å²) in [5.74, 6) is -0.0650. The third-order valence-corrected chi connectivity index (χ3v) is 2.86. The maximum atomic E-state index is 12.1. The molecule has 0 unspecified atom stereocenters. The first kappa shape index (κ1) is 12.5. The van der Waals surface area contributed by atoms with Gasteiger partial charge in [-0.1, -0.05) is 35.9 Å². The van der Waals surface area contributed by atoms with E-state index in [0.29, 0.717) is 5.69 Å². The highest BCUT2D eigenvalue weighted by Crippen LogP contribution is 2.13. The van der Waals surface area contributed by atoms with Crippen molar-refractivity contribution in [2.24, 2.45) is 0 Å². The monoisotopic (exact) mass is 284 g/mol. The molecule has 2 heterocycles. The topological polar surface area (TPSA) is 67.8 Å². The van der Waals surface area contributed by atoms with E-state index in [4.69, 9.17) is 11.6 Å². The quantitative estimate of drug-likeness (QED) is 0.785. The van der Waals surface area contributed by atoms with E-state index in [0.717, 1.165) is 10.9 Å². The number of anilines is 1. The summed E-state index contributed by atoms with van der Waals surface area (Å²) in [7, 11) is 0. The molecule has 6 heteroatoms. The number of carbonyl (C=O) groups is 1. The molecule has 3 rings (SSSR count). The summed E-state index contributed by atoms with van der Waals surface area (Å²) >= 11 is 5.71. The smallest absolute Gasteiger partial charge is 0.275 e. The molecule has 0 spiro atoms. The minimum absolute atomic E-state index is 0.217. The molecule has 0 bridgehead atoms. The molecular formula is C14H9ClN4O. The third-order valence-electron chi connectivity index (χ3n) is 2.68. The minimum atomic E-state index is -0.354. The number of halogens is 1. The molecule has 1 aromatic carbocycles. The summed E-state index contributed by atoms with van der Waals surface area (Å²) in [6, 6.07) is 11.1. The largest absolute Gasteiger partial charge is 0.304 e. The molecule has 0 saturated carbocycles. The number of para-hydroxylation sites is 1. The fourth-order valence-electron chi connectivity index (χ4n) is 1.78. The lowest BCUT2D eigenvalue weighted by Crippen LogP contribution is -2.14. The van der Waals surface area contributed by atoms with Crippen LogP contribution < -0.4 is 5.32 Å². The minimum Gasteiger partial charge on any atom is -0.304 e. The standard InChI is InChI=1S/C14H9ClN4O/c15-12-7-16-8-13(18-12)19-14(20)11-6-5-9-3-1-2-4-10(9)17-11/h1-8H,(H,18,19,20). The molecule has 1 N–H and O–H groups in total. The van der Waals surface area contributed by atoms with Crippen LogP contribution in [0.15, 0.2) is 48.8 Å². The summed E-state index contributed by atoms with van der Waals surface area (Å²) in [5, 5.41) is 3.80. The van der Waals surface area contributed by atoms with E-state index >= 15 is 0 Å². The van der Waals surface area contributed by atoms with Gasteiger partial charge in [-0.25, -0.2) is 9.97 Å². The molecule has 2 aromatic heterocycles. The number of benzene rings is 1. The Hall–Kier alpha value is -2.53. The van der Waals surface area contributed by atoms with Gasteiger partial charge in [0.25, 0.3) is 5.91 Å². The van der Waals surface area contributed by atoms with Crippen molar-refractivity contribution in [1.29, 1.82) is 0 Å². The number of nitrogens with one attached hydrogen (secondary N) is 1. The molecular weight excluding hydrogens is 276 g/mol. The molecule has 3 aromatic rings. The van der Waals surface area contributed by atoms with Gasteiger partial charge in [-0.2, -0.15) is 0 Å². The predicted octanol–water partition coefficient (Wildman–Crippen LogP) is 2.93. The molecule has 0 fully saturated rings. The third kappa shape index (κ3) is 2.57. The number of aromatic nitrogens is 3. The van der Waals surface area contributed by atoms with Crippen LogP contribution in [0.2, 0.25) is 5.15 Å². The van der Waals surface area contributed by atoms with Crippen molar-refractivity contribution in [2.75, 3.05) is 5.32 Å². The van der Waals surface area contributed by atoms with Gasteiger partial charge >= 0.3 is 0 Å². The van der Waals surface area contributed by atoms with Crippen LogP contribution in [0, 0.1) is 0 Å². The Labute approximate surface area is 119 Å². The molecule has 0 aliphatic rings. The lowest BCUT2D eigenvalue weighted by Gasteiger charge is -2.04. The fraction of sp³-hybridized carbons (Fsp3) is 0. The Bertz CT molecular complexity index is 791. The zero-order chi connectivity index (χ0) is 13.9. The molecule has 5 nitrogen and oxygen atoms in total. The van der Waals surface area contributed by atoms with Gasteiger partial charge in [0.15, 0.2) is 5.82 Å². The number of hydrogen-bond acceptors (Lipinski definition) is 4. The van der Waals surface area contributed by atoms with Crippen LogP contribution in [-0.2, 0) is 0 Å². The zero-order valence-corrected chi connectivity index (χ0v) is 11.0. The van der Waals surface area contributed by atoms with Gasteiger partial charge in [0.05, 0.1) is 17.9 Å². The van der Waals surface area contributed by atoms with E-state index < -0.39 is 0 Å². The van der Waals surface area contributed by atoms with E-state index in [1.165, 1.54) is 12.4 Å². The Morgan fingerprint density at radius 1 is 1.05 bits per heavy atom. The van der Waals surface area contributed by atoms with Crippen molar-refractivity contribution in [2.45, 2.75) is 0 Å². The summed E-state index contributed by atoms with van der Waals surface area (Å²) in [6.45, 7) is 0.